The summed E-state index contributed by atoms with van der Waals surface area (Å²) in [5, 5.41) is 14.5. The predicted octanol–water partition coefficient (Wildman–Crippen LogP) is 1.58. The predicted molar refractivity (Wildman–Crippen MR) is 71.8 cm³/mol. The Balaban J connectivity index is 2.52. The van der Waals surface area contributed by atoms with Gasteiger partial charge in [-0.3, -0.25) is 19.5 Å². The lowest BCUT2D eigenvalue weighted by Gasteiger charge is -2.10. The largest absolute Gasteiger partial charge is 0.306 e. The molecule has 0 saturated carbocycles. The second kappa shape index (κ2) is 5.13. The second-order valence-electron chi connectivity index (χ2n) is 4.27. The summed E-state index contributed by atoms with van der Waals surface area (Å²) in [6, 6.07) is 2.93. The van der Waals surface area contributed by atoms with E-state index in [1.54, 1.807) is 0 Å². The Hall–Kier alpha value is -2.49. The fourth-order valence-corrected chi connectivity index (χ4v) is 3.07. The highest BCUT2D eigenvalue weighted by Gasteiger charge is 2.25. The molecule has 0 aliphatic carbocycles. The van der Waals surface area contributed by atoms with Crippen molar-refractivity contribution in [1.82, 2.24) is 9.78 Å². The van der Waals surface area contributed by atoms with Crippen molar-refractivity contribution >= 4 is 21.5 Å². The highest BCUT2D eigenvalue weighted by Crippen LogP contribution is 2.26. The normalized spacial score (nSPS) is 11.4. The lowest BCUT2D eigenvalue weighted by atomic mass is 10.2. The van der Waals surface area contributed by atoms with Gasteiger partial charge in [0, 0.05) is 19.2 Å². The Morgan fingerprint density at radius 3 is 2.62 bits per heavy atom. The number of halogens is 1. The maximum absolute atomic E-state index is 13.4. The summed E-state index contributed by atoms with van der Waals surface area (Å²) >= 11 is 0. The lowest BCUT2D eigenvalue weighted by molar-refractivity contribution is -0.387. The van der Waals surface area contributed by atoms with E-state index in [9.17, 15) is 22.9 Å². The number of anilines is 1. The molecule has 0 saturated heterocycles. The van der Waals surface area contributed by atoms with Gasteiger partial charge in [0.1, 0.15) is 5.82 Å². The molecule has 0 amide bonds. The van der Waals surface area contributed by atoms with E-state index in [4.69, 9.17) is 0 Å². The average molecular weight is 314 g/mol. The van der Waals surface area contributed by atoms with E-state index in [1.807, 2.05) is 0 Å². The number of rotatable bonds is 4. The average Bonchev–Trinajstić information content (AvgIpc) is 2.73. The van der Waals surface area contributed by atoms with E-state index in [2.05, 4.69) is 9.82 Å². The van der Waals surface area contributed by atoms with Gasteiger partial charge in [-0.1, -0.05) is 0 Å². The van der Waals surface area contributed by atoms with Gasteiger partial charge >= 0.3 is 5.69 Å². The van der Waals surface area contributed by atoms with Crippen LogP contribution in [0.3, 0.4) is 0 Å². The van der Waals surface area contributed by atoms with E-state index in [1.165, 1.54) is 30.9 Å². The van der Waals surface area contributed by atoms with E-state index in [0.29, 0.717) is 6.07 Å². The zero-order valence-electron chi connectivity index (χ0n) is 11.1. The molecule has 2 rings (SSSR count). The number of hydrogen-bond acceptors (Lipinski definition) is 5. The van der Waals surface area contributed by atoms with Crippen LogP contribution in [0.1, 0.15) is 5.56 Å². The number of nitro groups is 1. The van der Waals surface area contributed by atoms with Crippen molar-refractivity contribution in [3.63, 3.8) is 0 Å². The summed E-state index contributed by atoms with van der Waals surface area (Å²) in [7, 11) is -2.57. The number of nitro benzene ring substituents is 1. The minimum atomic E-state index is -4.09. The summed E-state index contributed by atoms with van der Waals surface area (Å²) in [6.45, 7) is 1.35. The third-order valence-electron chi connectivity index (χ3n) is 2.79. The summed E-state index contributed by atoms with van der Waals surface area (Å²) in [6.07, 6.45) is 1.39. The van der Waals surface area contributed by atoms with E-state index in [0.717, 1.165) is 6.07 Å². The van der Waals surface area contributed by atoms with Crippen molar-refractivity contribution in [3.05, 3.63) is 45.9 Å². The Bertz CT molecular complexity index is 816. The Kier molecular flexibility index (Phi) is 3.64. The van der Waals surface area contributed by atoms with Gasteiger partial charge in [0.15, 0.2) is 0 Å². The summed E-state index contributed by atoms with van der Waals surface area (Å²) in [5.41, 5.74) is -0.834. The van der Waals surface area contributed by atoms with Crippen molar-refractivity contribution in [3.8, 4) is 0 Å². The highest BCUT2D eigenvalue weighted by atomic mass is 32.2. The maximum Gasteiger partial charge on any atom is 0.306 e. The molecule has 0 unspecified atom stereocenters. The molecule has 1 N–H and O–H groups in total. The van der Waals surface area contributed by atoms with Crippen LogP contribution in [0.15, 0.2) is 29.3 Å². The number of hydrogen-bond donors (Lipinski definition) is 1. The molecule has 0 bridgehead atoms. The molecule has 0 fully saturated rings. The zero-order valence-corrected chi connectivity index (χ0v) is 11.9. The maximum atomic E-state index is 13.4. The first kappa shape index (κ1) is 14.9. The van der Waals surface area contributed by atoms with Crippen molar-refractivity contribution < 1.29 is 17.7 Å². The van der Waals surface area contributed by atoms with Crippen LogP contribution in [0.25, 0.3) is 0 Å². The van der Waals surface area contributed by atoms with Crippen LogP contribution in [0.2, 0.25) is 0 Å². The monoisotopic (exact) mass is 314 g/mol. The van der Waals surface area contributed by atoms with E-state index in [-0.39, 0.29) is 16.3 Å². The van der Waals surface area contributed by atoms with Crippen LogP contribution < -0.4 is 4.72 Å². The van der Waals surface area contributed by atoms with Crippen LogP contribution in [0, 0.1) is 22.9 Å². The minimum absolute atomic E-state index is 0.0627. The molecular weight excluding hydrogens is 303 g/mol. The fraction of sp³-hybridized carbons (Fsp3) is 0.182. The number of sulfonamides is 1. The smallest absolute Gasteiger partial charge is 0.264 e. The van der Waals surface area contributed by atoms with E-state index >= 15 is 0 Å². The molecule has 1 aromatic carbocycles. The van der Waals surface area contributed by atoms with Gasteiger partial charge in [-0.2, -0.15) is 9.49 Å². The van der Waals surface area contributed by atoms with Crippen LogP contribution in [-0.4, -0.2) is 23.1 Å². The molecular formula is C11H11FN4O4S. The molecule has 0 aliphatic heterocycles. The number of benzene rings is 1. The first-order chi connectivity index (χ1) is 9.72. The lowest BCUT2D eigenvalue weighted by Crippen LogP contribution is -2.17. The van der Waals surface area contributed by atoms with Crippen LogP contribution in [0.4, 0.5) is 15.9 Å². The molecule has 8 nitrogen and oxygen atoms in total. The Morgan fingerprint density at radius 2 is 2.10 bits per heavy atom. The van der Waals surface area contributed by atoms with Crippen molar-refractivity contribution in [2.24, 2.45) is 7.05 Å². The molecule has 1 heterocycles. The van der Waals surface area contributed by atoms with Crippen LogP contribution in [0.5, 0.6) is 0 Å². The van der Waals surface area contributed by atoms with Gasteiger partial charge < -0.3 is 0 Å². The molecule has 0 radical (unpaired) electrons. The van der Waals surface area contributed by atoms with Gasteiger partial charge in [0.2, 0.25) is 5.82 Å². The molecule has 2 aromatic rings. The van der Waals surface area contributed by atoms with Crippen LogP contribution >= 0.6 is 0 Å². The molecule has 1 aromatic heterocycles. The van der Waals surface area contributed by atoms with E-state index < -0.39 is 26.5 Å². The standard InChI is InChI=1S/C11H11FN4O4S/c1-7-5-8(12)9(16(17)18)6-10(7)21(19,20)14-11-3-4-13-15(11)2/h3-6,14H,1-2H3. The molecule has 21 heavy (non-hydrogen) atoms. The molecule has 0 aliphatic rings. The van der Waals surface area contributed by atoms with Crippen molar-refractivity contribution in [1.29, 1.82) is 0 Å². The molecule has 112 valence electrons. The quantitative estimate of drug-likeness (QED) is 0.681. The van der Waals surface area contributed by atoms with Gasteiger partial charge in [-0.05, 0) is 18.6 Å². The molecule has 10 heteroatoms. The first-order valence-corrected chi connectivity index (χ1v) is 7.16. The Labute approximate surface area is 119 Å². The number of aryl methyl sites for hydroxylation is 2. The van der Waals surface area contributed by atoms with Crippen molar-refractivity contribution in [2.75, 3.05) is 4.72 Å². The zero-order chi connectivity index (χ0) is 15.8. The fourth-order valence-electron chi connectivity index (χ4n) is 1.74. The summed E-state index contributed by atoms with van der Waals surface area (Å²) in [4.78, 5) is 9.38. The minimum Gasteiger partial charge on any atom is -0.264 e. The highest BCUT2D eigenvalue weighted by molar-refractivity contribution is 7.92. The third-order valence-corrected chi connectivity index (χ3v) is 4.29. The van der Waals surface area contributed by atoms with Gasteiger partial charge in [-0.15, -0.1) is 0 Å². The molecule has 0 spiro atoms. The summed E-state index contributed by atoms with van der Waals surface area (Å²) < 4.78 is 41.5. The molecule has 0 atom stereocenters. The van der Waals surface area contributed by atoms with Gasteiger partial charge in [0.25, 0.3) is 10.0 Å². The first-order valence-electron chi connectivity index (χ1n) is 5.68. The topological polar surface area (TPSA) is 107 Å². The van der Waals surface area contributed by atoms with Gasteiger partial charge in [0.05, 0.1) is 16.0 Å². The summed E-state index contributed by atoms with van der Waals surface area (Å²) in [5.74, 6) is -0.904. The Morgan fingerprint density at radius 1 is 1.43 bits per heavy atom. The third kappa shape index (κ3) is 2.84. The number of aromatic nitrogens is 2. The number of nitrogens with one attached hydrogen (secondary N) is 1. The van der Waals surface area contributed by atoms with Gasteiger partial charge in [-0.25, -0.2) is 8.42 Å². The second-order valence-corrected chi connectivity index (χ2v) is 5.92. The van der Waals surface area contributed by atoms with Crippen molar-refractivity contribution in [2.45, 2.75) is 11.8 Å². The SMILES string of the molecule is Cc1cc(F)c([N+](=O)[O-])cc1S(=O)(=O)Nc1ccnn1C. The number of nitrogens with zero attached hydrogens (tertiary/aromatic N) is 3. The van der Waals surface area contributed by atoms with Crippen LogP contribution in [-0.2, 0) is 17.1 Å².